The van der Waals surface area contributed by atoms with Gasteiger partial charge in [-0.3, -0.25) is 0 Å². The topological polar surface area (TPSA) is 23.5 Å². The third-order valence-electron chi connectivity index (χ3n) is 3.66. The Labute approximate surface area is 97.9 Å². The minimum absolute atomic E-state index is 0.0567. The van der Waals surface area contributed by atoms with Crippen LogP contribution >= 0.6 is 0 Å². The molecule has 1 saturated heterocycles. The summed E-state index contributed by atoms with van der Waals surface area (Å²) in [5, 5.41) is 9.78. The standard InChI is InChI=1S/C14H21NO/c1-10-5-6-12(7-11(10)2)15-9-13(16)8-14(15,3)4/h5-7,13,16H,8-9H2,1-4H3. The average Bonchev–Trinajstić information content (AvgIpc) is 2.44. The number of rotatable bonds is 1. The van der Waals surface area contributed by atoms with Crippen LogP contribution in [0.5, 0.6) is 0 Å². The van der Waals surface area contributed by atoms with Crippen molar-refractivity contribution in [3.05, 3.63) is 29.3 Å². The van der Waals surface area contributed by atoms with Crippen LogP contribution < -0.4 is 4.90 Å². The fourth-order valence-corrected chi connectivity index (χ4v) is 2.56. The predicted octanol–water partition coefficient (Wildman–Crippen LogP) is 2.65. The molecule has 0 bridgehead atoms. The number of aliphatic hydroxyl groups is 1. The van der Waals surface area contributed by atoms with Gasteiger partial charge in [0.15, 0.2) is 0 Å². The SMILES string of the molecule is Cc1ccc(N2CC(O)CC2(C)C)cc1C. The van der Waals surface area contributed by atoms with E-state index in [-0.39, 0.29) is 11.6 Å². The van der Waals surface area contributed by atoms with Crippen LogP contribution in [0.3, 0.4) is 0 Å². The summed E-state index contributed by atoms with van der Waals surface area (Å²) in [6.45, 7) is 9.40. The Morgan fingerprint density at radius 2 is 1.94 bits per heavy atom. The molecular formula is C14H21NO. The van der Waals surface area contributed by atoms with Gasteiger partial charge in [0, 0.05) is 17.8 Å². The van der Waals surface area contributed by atoms with Crippen LogP contribution in [0.4, 0.5) is 5.69 Å². The molecule has 88 valence electrons. The molecule has 1 aliphatic rings. The fraction of sp³-hybridized carbons (Fsp3) is 0.571. The Bertz CT molecular complexity index is 398. The van der Waals surface area contributed by atoms with Crippen LogP contribution in [-0.4, -0.2) is 23.3 Å². The number of β-amino-alcohol motifs (C(OH)–C–C–N with tert-alkyl or cyclic N) is 1. The lowest BCUT2D eigenvalue weighted by atomic mass is 10.00. The van der Waals surface area contributed by atoms with Gasteiger partial charge >= 0.3 is 0 Å². The van der Waals surface area contributed by atoms with Crippen molar-refractivity contribution in [2.24, 2.45) is 0 Å². The molecule has 2 rings (SSSR count). The van der Waals surface area contributed by atoms with Crippen molar-refractivity contribution in [3.8, 4) is 0 Å². The summed E-state index contributed by atoms with van der Waals surface area (Å²) >= 11 is 0. The third-order valence-corrected chi connectivity index (χ3v) is 3.66. The molecule has 2 heteroatoms. The molecule has 1 aliphatic heterocycles. The van der Waals surface area contributed by atoms with Crippen molar-refractivity contribution in [2.45, 2.75) is 45.8 Å². The highest BCUT2D eigenvalue weighted by atomic mass is 16.3. The maximum Gasteiger partial charge on any atom is 0.0737 e. The molecule has 2 nitrogen and oxygen atoms in total. The maximum absolute atomic E-state index is 9.78. The largest absolute Gasteiger partial charge is 0.391 e. The van der Waals surface area contributed by atoms with Gasteiger partial charge in [0.05, 0.1) is 6.10 Å². The second-order valence-corrected chi connectivity index (χ2v) is 5.55. The van der Waals surface area contributed by atoms with Crippen molar-refractivity contribution in [1.29, 1.82) is 0 Å². The van der Waals surface area contributed by atoms with Crippen molar-refractivity contribution < 1.29 is 5.11 Å². The molecule has 1 N–H and O–H groups in total. The molecule has 1 heterocycles. The van der Waals surface area contributed by atoms with E-state index in [4.69, 9.17) is 0 Å². The van der Waals surface area contributed by atoms with E-state index in [0.29, 0.717) is 0 Å². The second kappa shape index (κ2) is 3.77. The zero-order chi connectivity index (χ0) is 11.9. The normalized spacial score (nSPS) is 23.8. The van der Waals surface area contributed by atoms with E-state index >= 15 is 0 Å². The summed E-state index contributed by atoms with van der Waals surface area (Å²) in [4.78, 5) is 2.31. The monoisotopic (exact) mass is 219 g/mol. The molecule has 0 amide bonds. The van der Waals surface area contributed by atoms with E-state index < -0.39 is 0 Å². The van der Waals surface area contributed by atoms with Crippen molar-refractivity contribution in [3.63, 3.8) is 0 Å². The van der Waals surface area contributed by atoms with Crippen LogP contribution in [-0.2, 0) is 0 Å². The molecule has 0 aliphatic carbocycles. The van der Waals surface area contributed by atoms with Crippen molar-refractivity contribution >= 4 is 5.69 Å². The molecule has 0 aromatic heterocycles. The maximum atomic E-state index is 9.78. The molecule has 1 aromatic rings. The Balaban J connectivity index is 2.34. The van der Waals surface area contributed by atoms with E-state index in [9.17, 15) is 5.11 Å². The van der Waals surface area contributed by atoms with E-state index in [0.717, 1.165) is 13.0 Å². The molecule has 0 spiro atoms. The van der Waals surface area contributed by atoms with Gasteiger partial charge in [-0.2, -0.15) is 0 Å². The highest BCUT2D eigenvalue weighted by Gasteiger charge is 2.37. The molecule has 0 radical (unpaired) electrons. The number of aryl methyl sites for hydroxylation is 2. The molecule has 1 unspecified atom stereocenters. The smallest absolute Gasteiger partial charge is 0.0737 e. The van der Waals surface area contributed by atoms with Crippen molar-refractivity contribution in [2.75, 3.05) is 11.4 Å². The summed E-state index contributed by atoms with van der Waals surface area (Å²) in [5.74, 6) is 0. The Morgan fingerprint density at radius 1 is 1.25 bits per heavy atom. The number of aliphatic hydroxyl groups excluding tert-OH is 1. The highest BCUT2D eigenvalue weighted by Crippen LogP contribution is 2.34. The van der Waals surface area contributed by atoms with Gasteiger partial charge in [-0.25, -0.2) is 0 Å². The Morgan fingerprint density at radius 3 is 2.44 bits per heavy atom. The molecule has 0 saturated carbocycles. The Kier molecular flexibility index (Phi) is 2.70. The van der Waals surface area contributed by atoms with Gasteiger partial charge < -0.3 is 10.0 Å². The lowest BCUT2D eigenvalue weighted by Crippen LogP contribution is -2.38. The third kappa shape index (κ3) is 1.94. The summed E-state index contributed by atoms with van der Waals surface area (Å²) < 4.78 is 0. The van der Waals surface area contributed by atoms with Crippen LogP contribution in [0.15, 0.2) is 18.2 Å². The average molecular weight is 219 g/mol. The predicted molar refractivity (Wildman–Crippen MR) is 68.0 cm³/mol. The fourth-order valence-electron chi connectivity index (χ4n) is 2.56. The van der Waals surface area contributed by atoms with Crippen LogP contribution in [0.2, 0.25) is 0 Å². The molecule has 1 fully saturated rings. The van der Waals surface area contributed by atoms with E-state index in [1.54, 1.807) is 0 Å². The van der Waals surface area contributed by atoms with Gasteiger partial charge in [-0.05, 0) is 57.4 Å². The first-order valence-electron chi connectivity index (χ1n) is 5.93. The van der Waals surface area contributed by atoms with Crippen LogP contribution in [0, 0.1) is 13.8 Å². The molecule has 16 heavy (non-hydrogen) atoms. The number of nitrogens with zero attached hydrogens (tertiary/aromatic N) is 1. The Hall–Kier alpha value is -1.02. The summed E-state index contributed by atoms with van der Waals surface area (Å²) in [5.41, 5.74) is 3.92. The van der Waals surface area contributed by atoms with E-state index in [1.165, 1.54) is 16.8 Å². The van der Waals surface area contributed by atoms with E-state index in [1.807, 2.05) is 0 Å². The van der Waals surface area contributed by atoms with Gasteiger partial charge in [-0.1, -0.05) is 6.07 Å². The first kappa shape index (κ1) is 11.5. The summed E-state index contributed by atoms with van der Waals surface area (Å²) in [7, 11) is 0. The van der Waals surface area contributed by atoms with Crippen LogP contribution in [0.1, 0.15) is 31.4 Å². The first-order chi connectivity index (χ1) is 7.40. The number of hydrogen-bond acceptors (Lipinski definition) is 2. The zero-order valence-electron chi connectivity index (χ0n) is 10.6. The van der Waals surface area contributed by atoms with Gasteiger partial charge in [0.2, 0.25) is 0 Å². The summed E-state index contributed by atoms with van der Waals surface area (Å²) in [6.07, 6.45) is 0.650. The van der Waals surface area contributed by atoms with Gasteiger partial charge in [-0.15, -0.1) is 0 Å². The summed E-state index contributed by atoms with van der Waals surface area (Å²) in [6, 6.07) is 6.53. The molecule has 1 aromatic carbocycles. The molecular weight excluding hydrogens is 198 g/mol. The van der Waals surface area contributed by atoms with Crippen molar-refractivity contribution in [1.82, 2.24) is 0 Å². The first-order valence-corrected chi connectivity index (χ1v) is 5.93. The lowest BCUT2D eigenvalue weighted by Gasteiger charge is -2.33. The minimum Gasteiger partial charge on any atom is -0.391 e. The lowest BCUT2D eigenvalue weighted by molar-refractivity contribution is 0.188. The zero-order valence-corrected chi connectivity index (χ0v) is 10.6. The number of hydrogen-bond donors (Lipinski definition) is 1. The number of anilines is 1. The quantitative estimate of drug-likeness (QED) is 0.785. The highest BCUT2D eigenvalue weighted by molar-refractivity contribution is 5.53. The van der Waals surface area contributed by atoms with Crippen LogP contribution in [0.25, 0.3) is 0 Å². The molecule has 1 atom stereocenters. The van der Waals surface area contributed by atoms with E-state index in [2.05, 4.69) is 50.8 Å². The number of benzene rings is 1. The van der Waals surface area contributed by atoms with Gasteiger partial charge in [0.25, 0.3) is 0 Å². The second-order valence-electron chi connectivity index (χ2n) is 5.55. The minimum atomic E-state index is -0.198. The van der Waals surface area contributed by atoms with Gasteiger partial charge in [0.1, 0.15) is 0 Å².